The van der Waals surface area contributed by atoms with Gasteiger partial charge < -0.3 is 31.9 Å². The lowest BCUT2D eigenvalue weighted by atomic mass is 9.99. The lowest BCUT2D eigenvalue weighted by molar-refractivity contribution is -0.290. The van der Waals surface area contributed by atoms with Gasteiger partial charge in [0.1, 0.15) is 24.4 Å². The zero-order valence-electron chi connectivity index (χ0n) is 25.9. The van der Waals surface area contributed by atoms with E-state index >= 15 is 0 Å². The number of carbonyl (C=O) groups is 1. The van der Waals surface area contributed by atoms with E-state index in [4.69, 9.17) is 31.9 Å². The zero-order chi connectivity index (χ0) is 28.7. The second kappa shape index (κ2) is 14.6. The van der Waals surface area contributed by atoms with Crippen LogP contribution in [-0.2, 0) is 36.7 Å². The smallest absolute Gasteiger partial charge is 0.305 e. The van der Waals surface area contributed by atoms with Crippen LogP contribution in [0.3, 0.4) is 0 Å². The van der Waals surface area contributed by atoms with Crippen molar-refractivity contribution in [3.05, 3.63) is 0 Å². The molecule has 5 atom stereocenters. The Hall–Kier alpha value is 0.0975. The fourth-order valence-corrected chi connectivity index (χ4v) is 7.87. The molecule has 1 aliphatic rings. The maximum absolute atomic E-state index is 11.4. The van der Waals surface area contributed by atoms with Crippen LogP contribution in [0.15, 0.2) is 0 Å². The summed E-state index contributed by atoms with van der Waals surface area (Å²) in [5, 5.41) is 0. The standard InChI is InChI=1S/C25H56O8Si4/c1-27-21(26)17-15-14-16-18-28-25-24(33-37(11,12)13)23(32-36(8,9)10)22(31-35(5,6)7)20(30-25)19-29-34(2,3)4/h20,22-25H,14-19H2,1-13H3/t20-,22-,23+,24+,25+/m1/s1. The number of hydrogen-bond donors (Lipinski definition) is 0. The SMILES string of the molecule is COC(=O)CCCCCO[C@H]1O[C@H](CO[Si](C)(C)C)[C@@H](O[Si](C)(C)C)[C@H](O[Si](C)(C)C)[C@@H]1O[Si](C)(C)C. The van der Waals surface area contributed by atoms with E-state index in [9.17, 15) is 4.79 Å². The molecular weight excluding hydrogens is 541 g/mol. The third kappa shape index (κ3) is 15.5. The Labute approximate surface area is 230 Å². The Morgan fingerprint density at radius 3 is 1.68 bits per heavy atom. The molecule has 0 aromatic heterocycles. The molecule has 0 unspecified atom stereocenters. The highest BCUT2D eigenvalue weighted by Crippen LogP contribution is 2.34. The molecule has 8 nitrogen and oxygen atoms in total. The van der Waals surface area contributed by atoms with Crippen molar-refractivity contribution in [1.82, 2.24) is 0 Å². The predicted octanol–water partition coefficient (Wildman–Crippen LogP) is 5.97. The van der Waals surface area contributed by atoms with Crippen molar-refractivity contribution in [1.29, 1.82) is 0 Å². The van der Waals surface area contributed by atoms with Gasteiger partial charge in [0.05, 0.1) is 13.7 Å². The Kier molecular flexibility index (Phi) is 13.9. The van der Waals surface area contributed by atoms with Gasteiger partial charge in [0.15, 0.2) is 39.6 Å². The third-order valence-corrected chi connectivity index (χ3v) is 9.25. The molecule has 1 fully saturated rings. The minimum absolute atomic E-state index is 0.176. The maximum atomic E-state index is 11.4. The van der Waals surface area contributed by atoms with Gasteiger partial charge in [-0.25, -0.2) is 0 Å². The van der Waals surface area contributed by atoms with Crippen molar-refractivity contribution in [2.24, 2.45) is 0 Å². The van der Waals surface area contributed by atoms with Gasteiger partial charge in [-0.1, -0.05) is 6.42 Å². The Morgan fingerprint density at radius 1 is 0.676 bits per heavy atom. The normalized spacial score (nSPS) is 25.8. The first-order valence-corrected chi connectivity index (χ1v) is 27.4. The van der Waals surface area contributed by atoms with Crippen LogP contribution in [0.25, 0.3) is 0 Å². The minimum Gasteiger partial charge on any atom is -0.469 e. The van der Waals surface area contributed by atoms with Gasteiger partial charge in [-0.15, -0.1) is 0 Å². The summed E-state index contributed by atoms with van der Waals surface area (Å²) in [5.74, 6) is -0.176. The zero-order valence-corrected chi connectivity index (χ0v) is 29.9. The first kappa shape index (κ1) is 35.1. The topological polar surface area (TPSA) is 81.7 Å². The molecule has 0 saturated carbocycles. The average molecular weight is 597 g/mol. The summed E-state index contributed by atoms with van der Waals surface area (Å²) >= 11 is 0. The first-order valence-electron chi connectivity index (χ1n) is 13.7. The molecule has 0 aromatic rings. The number of ether oxygens (including phenoxy) is 3. The van der Waals surface area contributed by atoms with Crippen molar-refractivity contribution in [3.63, 3.8) is 0 Å². The summed E-state index contributed by atoms with van der Waals surface area (Å²) in [5.41, 5.74) is 0. The van der Waals surface area contributed by atoms with Gasteiger partial charge >= 0.3 is 5.97 Å². The number of unbranched alkanes of at least 4 members (excludes halogenated alkanes) is 2. The highest BCUT2D eigenvalue weighted by molar-refractivity contribution is 6.71. The monoisotopic (exact) mass is 596 g/mol. The van der Waals surface area contributed by atoms with E-state index in [1.54, 1.807) is 0 Å². The second-order valence-corrected chi connectivity index (χ2v) is 31.7. The molecule has 0 amide bonds. The van der Waals surface area contributed by atoms with Crippen molar-refractivity contribution in [3.8, 4) is 0 Å². The number of carbonyl (C=O) groups excluding carboxylic acids is 1. The molecule has 37 heavy (non-hydrogen) atoms. The average Bonchev–Trinajstić information content (AvgIpc) is 2.69. The van der Waals surface area contributed by atoms with E-state index in [1.165, 1.54) is 7.11 Å². The Balaban J connectivity index is 3.23. The van der Waals surface area contributed by atoms with Gasteiger partial charge in [-0.3, -0.25) is 4.79 Å². The third-order valence-electron chi connectivity index (χ3n) is 5.28. The molecule has 220 valence electrons. The van der Waals surface area contributed by atoms with Gasteiger partial charge in [-0.05, 0) is 91.4 Å². The fourth-order valence-electron chi connectivity index (χ4n) is 3.96. The quantitative estimate of drug-likeness (QED) is 0.122. The summed E-state index contributed by atoms with van der Waals surface area (Å²) < 4.78 is 44.5. The Bertz CT molecular complexity index is 682. The molecule has 1 saturated heterocycles. The van der Waals surface area contributed by atoms with E-state index in [0.29, 0.717) is 19.6 Å². The van der Waals surface area contributed by atoms with E-state index in [2.05, 4.69) is 78.6 Å². The van der Waals surface area contributed by atoms with Crippen LogP contribution in [0.4, 0.5) is 0 Å². The first-order chi connectivity index (χ1) is 16.7. The van der Waals surface area contributed by atoms with Crippen molar-refractivity contribution in [2.75, 3.05) is 20.3 Å². The van der Waals surface area contributed by atoms with Crippen LogP contribution >= 0.6 is 0 Å². The van der Waals surface area contributed by atoms with Crippen molar-refractivity contribution < 1.29 is 36.7 Å². The minimum atomic E-state index is -1.98. The summed E-state index contributed by atoms with van der Waals surface area (Å²) in [6.45, 7) is 27.2. The van der Waals surface area contributed by atoms with Crippen molar-refractivity contribution >= 4 is 39.2 Å². The van der Waals surface area contributed by atoms with E-state index < -0.39 is 45.7 Å². The summed E-state index contributed by atoms with van der Waals surface area (Å²) in [6.07, 6.45) is 1.01. The van der Waals surface area contributed by atoms with Crippen LogP contribution in [0.2, 0.25) is 78.6 Å². The predicted molar refractivity (Wildman–Crippen MR) is 159 cm³/mol. The molecule has 0 aromatic carbocycles. The molecule has 0 N–H and O–H groups in total. The van der Waals surface area contributed by atoms with Crippen LogP contribution in [-0.4, -0.2) is 90.3 Å². The summed E-state index contributed by atoms with van der Waals surface area (Å²) in [4.78, 5) is 11.4. The van der Waals surface area contributed by atoms with Gasteiger partial charge in [0, 0.05) is 13.0 Å². The number of rotatable bonds is 16. The van der Waals surface area contributed by atoms with Gasteiger partial charge in [0.2, 0.25) is 0 Å². The molecule has 0 aliphatic carbocycles. The van der Waals surface area contributed by atoms with Crippen LogP contribution in [0.1, 0.15) is 25.7 Å². The largest absolute Gasteiger partial charge is 0.469 e. The molecular formula is C25H56O8Si4. The lowest BCUT2D eigenvalue weighted by Crippen LogP contribution is -2.66. The summed E-state index contributed by atoms with van der Waals surface area (Å²) in [7, 11) is -6.28. The molecule has 1 rings (SSSR count). The number of methoxy groups -OCH3 is 1. The number of hydrogen-bond acceptors (Lipinski definition) is 8. The van der Waals surface area contributed by atoms with Crippen LogP contribution < -0.4 is 0 Å². The molecule has 12 heteroatoms. The molecule has 0 radical (unpaired) electrons. The molecule has 0 bridgehead atoms. The Morgan fingerprint density at radius 2 is 1.19 bits per heavy atom. The van der Waals surface area contributed by atoms with E-state index in [-0.39, 0.29) is 24.3 Å². The molecule has 1 heterocycles. The highest BCUT2D eigenvalue weighted by Gasteiger charge is 2.52. The van der Waals surface area contributed by atoms with Gasteiger partial charge in [0.25, 0.3) is 0 Å². The van der Waals surface area contributed by atoms with Crippen LogP contribution in [0.5, 0.6) is 0 Å². The fraction of sp³-hybridized carbons (Fsp3) is 0.960. The highest BCUT2D eigenvalue weighted by atomic mass is 28.4. The maximum Gasteiger partial charge on any atom is 0.305 e. The number of esters is 1. The lowest BCUT2D eigenvalue weighted by Gasteiger charge is -2.50. The molecule has 0 spiro atoms. The molecule has 1 aliphatic heterocycles. The van der Waals surface area contributed by atoms with E-state index in [1.807, 2.05) is 0 Å². The summed E-state index contributed by atoms with van der Waals surface area (Å²) in [6, 6.07) is 0. The van der Waals surface area contributed by atoms with Crippen LogP contribution in [0, 0.1) is 0 Å². The van der Waals surface area contributed by atoms with Crippen molar-refractivity contribution in [2.45, 2.75) is 135 Å². The van der Waals surface area contributed by atoms with E-state index in [0.717, 1.165) is 19.3 Å². The van der Waals surface area contributed by atoms with Gasteiger partial charge in [-0.2, -0.15) is 0 Å². The second-order valence-electron chi connectivity index (χ2n) is 13.8.